The van der Waals surface area contributed by atoms with E-state index in [-0.39, 0.29) is 29.5 Å². The van der Waals surface area contributed by atoms with E-state index in [1.807, 2.05) is 6.92 Å². The minimum atomic E-state index is -3.66. The average Bonchev–Trinajstić information content (AvgIpc) is 2.62. The van der Waals surface area contributed by atoms with Gasteiger partial charge in [-0.15, -0.1) is 0 Å². The third-order valence-corrected chi connectivity index (χ3v) is 5.11. The van der Waals surface area contributed by atoms with Crippen LogP contribution in [0.1, 0.15) is 23.7 Å². The van der Waals surface area contributed by atoms with E-state index in [4.69, 9.17) is 0 Å². The lowest BCUT2D eigenvalue weighted by molar-refractivity contribution is -0.125. The molecule has 144 valence electrons. The number of carbonyl (C=O) groups excluding carboxylic acids is 3. The van der Waals surface area contributed by atoms with Crippen LogP contribution in [0.5, 0.6) is 0 Å². The lowest BCUT2D eigenvalue weighted by atomic mass is 10.2. The Morgan fingerprint density at radius 3 is 2.23 bits per heavy atom. The van der Waals surface area contributed by atoms with Gasteiger partial charge in [-0.2, -0.15) is 0 Å². The minimum Gasteiger partial charge on any atom is -0.355 e. The number of hydrogen-bond donors (Lipinski definition) is 3. The maximum atomic E-state index is 12.1. The summed E-state index contributed by atoms with van der Waals surface area (Å²) < 4.78 is 25.2. The van der Waals surface area contributed by atoms with Gasteiger partial charge in [0, 0.05) is 26.2 Å². The predicted molar refractivity (Wildman–Crippen MR) is 96.0 cm³/mol. The van der Waals surface area contributed by atoms with Crippen molar-refractivity contribution in [3.05, 3.63) is 29.8 Å². The molecule has 0 saturated carbocycles. The summed E-state index contributed by atoms with van der Waals surface area (Å²) in [4.78, 5) is 35.1. The third-order valence-electron chi connectivity index (χ3n) is 3.30. The van der Waals surface area contributed by atoms with Crippen molar-refractivity contribution in [3.63, 3.8) is 0 Å². The van der Waals surface area contributed by atoms with Crippen LogP contribution in [-0.4, -0.2) is 64.2 Å². The van der Waals surface area contributed by atoms with E-state index in [2.05, 4.69) is 16.0 Å². The lowest BCUT2D eigenvalue weighted by Gasteiger charge is -2.12. The SMILES string of the molecule is CCCNC(=O)CNC(=O)CNC(=O)c1cccc(S(=O)(=O)N(C)C)c1. The van der Waals surface area contributed by atoms with Crippen molar-refractivity contribution in [2.24, 2.45) is 0 Å². The van der Waals surface area contributed by atoms with Crippen molar-refractivity contribution in [2.45, 2.75) is 18.2 Å². The van der Waals surface area contributed by atoms with Gasteiger partial charge in [0.15, 0.2) is 0 Å². The molecule has 0 atom stereocenters. The zero-order chi connectivity index (χ0) is 19.7. The van der Waals surface area contributed by atoms with Crippen LogP contribution in [0.25, 0.3) is 0 Å². The van der Waals surface area contributed by atoms with Crippen LogP contribution in [0.2, 0.25) is 0 Å². The molecule has 1 rings (SSSR count). The fourth-order valence-electron chi connectivity index (χ4n) is 1.84. The average molecular weight is 384 g/mol. The summed E-state index contributed by atoms with van der Waals surface area (Å²) >= 11 is 0. The highest BCUT2D eigenvalue weighted by atomic mass is 32.2. The van der Waals surface area contributed by atoms with Crippen molar-refractivity contribution in [3.8, 4) is 0 Å². The molecule has 1 aromatic carbocycles. The number of benzene rings is 1. The Labute approximate surface area is 153 Å². The molecule has 0 radical (unpaired) electrons. The summed E-state index contributed by atoms with van der Waals surface area (Å²) in [6.07, 6.45) is 0.790. The molecule has 0 aliphatic rings. The summed E-state index contributed by atoms with van der Waals surface area (Å²) in [5.74, 6) is -1.43. The van der Waals surface area contributed by atoms with E-state index in [1.54, 1.807) is 0 Å². The summed E-state index contributed by atoms with van der Waals surface area (Å²) in [6, 6.07) is 5.51. The van der Waals surface area contributed by atoms with Crippen molar-refractivity contribution in [2.75, 3.05) is 33.7 Å². The number of sulfonamides is 1. The molecule has 0 fully saturated rings. The van der Waals surface area contributed by atoms with Crippen LogP contribution in [0, 0.1) is 0 Å². The van der Waals surface area contributed by atoms with Crippen molar-refractivity contribution in [1.29, 1.82) is 0 Å². The Kier molecular flexibility index (Phi) is 8.20. The molecule has 0 bridgehead atoms. The Morgan fingerprint density at radius 2 is 1.62 bits per heavy atom. The number of amides is 3. The highest BCUT2D eigenvalue weighted by molar-refractivity contribution is 7.89. The van der Waals surface area contributed by atoms with Crippen LogP contribution < -0.4 is 16.0 Å². The van der Waals surface area contributed by atoms with Crippen LogP contribution in [0.3, 0.4) is 0 Å². The summed E-state index contributed by atoms with van der Waals surface area (Å²) in [7, 11) is -0.877. The summed E-state index contributed by atoms with van der Waals surface area (Å²) in [6.45, 7) is 1.93. The first-order chi connectivity index (χ1) is 12.2. The van der Waals surface area contributed by atoms with Gasteiger partial charge in [0.25, 0.3) is 5.91 Å². The van der Waals surface area contributed by atoms with Gasteiger partial charge in [-0.1, -0.05) is 13.0 Å². The highest BCUT2D eigenvalue weighted by Gasteiger charge is 2.19. The Balaban J connectivity index is 2.58. The second kappa shape index (κ2) is 9.88. The van der Waals surface area contributed by atoms with Gasteiger partial charge in [-0.05, 0) is 24.6 Å². The van der Waals surface area contributed by atoms with Crippen molar-refractivity contribution < 1.29 is 22.8 Å². The van der Waals surface area contributed by atoms with E-state index in [9.17, 15) is 22.8 Å². The van der Waals surface area contributed by atoms with Crippen molar-refractivity contribution in [1.82, 2.24) is 20.3 Å². The molecule has 0 aliphatic carbocycles. The van der Waals surface area contributed by atoms with Gasteiger partial charge in [0.05, 0.1) is 18.0 Å². The molecular formula is C16H24N4O5S. The second-order valence-electron chi connectivity index (χ2n) is 5.62. The quantitative estimate of drug-likeness (QED) is 0.520. The first kappa shape index (κ1) is 21.6. The number of nitrogens with one attached hydrogen (secondary N) is 3. The molecule has 1 aromatic rings. The third kappa shape index (κ3) is 6.45. The maximum Gasteiger partial charge on any atom is 0.251 e. The molecule has 0 unspecified atom stereocenters. The molecule has 3 amide bonds. The fourth-order valence-corrected chi connectivity index (χ4v) is 2.79. The maximum absolute atomic E-state index is 12.1. The van der Waals surface area contributed by atoms with Gasteiger partial charge in [-0.3, -0.25) is 14.4 Å². The molecule has 0 aliphatic heterocycles. The Morgan fingerprint density at radius 1 is 1.00 bits per heavy atom. The molecule has 3 N–H and O–H groups in total. The van der Waals surface area contributed by atoms with Crippen LogP contribution in [-0.2, 0) is 19.6 Å². The molecule has 9 nitrogen and oxygen atoms in total. The molecular weight excluding hydrogens is 360 g/mol. The van der Waals surface area contributed by atoms with Crippen LogP contribution in [0.4, 0.5) is 0 Å². The molecule has 10 heteroatoms. The van der Waals surface area contributed by atoms with E-state index in [0.717, 1.165) is 10.7 Å². The first-order valence-corrected chi connectivity index (χ1v) is 9.46. The van der Waals surface area contributed by atoms with E-state index < -0.39 is 21.8 Å². The number of nitrogens with zero attached hydrogens (tertiary/aromatic N) is 1. The lowest BCUT2D eigenvalue weighted by Crippen LogP contribution is -2.42. The van der Waals surface area contributed by atoms with Crippen LogP contribution in [0.15, 0.2) is 29.2 Å². The Bertz CT molecular complexity index is 762. The van der Waals surface area contributed by atoms with Gasteiger partial charge >= 0.3 is 0 Å². The smallest absolute Gasteiger partial charge is 0.251 e. The standard InChI is InChI=1S/C16H24N4O5S/c1-4-8-17-14(21)10-18-15(22)11-19-16(23)12-6-5-7-13(9-12)26(24,25)20(2)3/h5-7,9H,4,8,10-11H2,1-3H3,(H,17,21)(H,18,22)(H,19,23). The molecule has 0 aromatic heterocycles. The van der Waals surface area contributed by atoms with Crippen LogP contribution >= 0.6 is 0 Å². The molecule has 26 heavy (non-hydrogen) atoms. The topological polar surface area (TPSA) is 125 Å². The van der Waals surface area contributed by atoms with Crippen molar-refractivity contribution >= 4 is 27.7 Å². The zero-order valence-corrected chi connectivity index (χ0v) is 15.9. The first-order valence-electron chi connectivity index (χ1n) is 8.02. The summed E-state index contributed by atoms with van der Waals surface area (Å²) in [5, 5.41) is 7.37. The largest absolute Gasteiger partial charge is 0.355 e. The predicted octanol–water partition coefficient (Wildman–Crippen LogP) is -0.691. The zero-order valence-electron chi connectivity index (χ0n) is 15.0. The molecule has 0 heterocycles. The second-order valence-corrected chi connectivity index (χ2v) is 7.78. The fraction of sp³-hybridized carbons (Fsp3) is 0.438. The Hall–Kier alpha value is -2.46. The van der Waals surface area contributed by atoms with E-state index >= 15 is 0 Å². The summed E-state index contributed by atoms with van der Waals surface area (Å²) in [5.41, 5.74) is 0.112. The normalized spacial score (nSPS) is 11.1. The van der Waals surface area contributed by atoms with Gasteiger partial charge in [0.2, 0.25) is 21.8 Å². The number of hydrogen-bond acceptors (Lipinski definition) is 5. The number of carbonyl (C=O) groups is 3. The minimum absolute atomic E-state index is 0.0211. The van der Waals surface area contributed by atoms with Gasteiger partial charge < -0.3 is 16.0 Å². The molecule has 0 spiro atoms. The monoisotopic (exact) mass is 384 g/mol. The van der Waals surface area contributed by atoms with E-state index in [1.165, 1.54) is 38.4 Å². The number of rotatable bonds is 9. The highest BCUT2D eigenvalue weighted by Crippen LogP contribution is 2.14. The van der Waals surface area contributed by atoms with Gasteiger partial charge in [-0.25, -0.2) is 12.7 Å². The van der Waals surface area contributed by atoms with Gasteiger partial charge in [0.1, 0.15) is 0 Å². The molecule has 0 saturated heterocycles. The van der Waals surface area contributed by atoms with E-state index in [0.29, 0.717) is 6.54 Å².